The molecule has 0 saturated carbocycles. The van der Waals surface area contributed by atoms with Gasteiger partial charge >= 0.3 is 0 Å². The smallest absolute Gasteiger partial charge is 0.250 e. The lowest BCUT2D eigenvalue weighted by Gasteiger charge is -2.38. The lowest BCUT2D eigenvalue weighted by atomic mass is 10.00. The van der Waals surface area contributed by atoms with E-state index in [4.69, 9.17) is 14.6 Å². The number of rotatable bonds is 8. The number of nitrogens with two attached hydrogens (primary N) is 1. The van der Waals surface area contributed by atoms with Gasteiger partial charge in [-0.3, -0.25) is 4.79 Å². The van der Waals surface area contributed by atoms with E-state index >= 15 is 0 Å². The van der Waals surface area contributed by atoms with E-state index in [1.54, 1.807) is 0 Å². The van der Waals surface area contributed by atoms with Crippen molar-refractivity contribution in [3.63, 3.8) is 0 Å². The Hall–Kier alpha value is -1.28. The van der Waals surface area contributed by atoms with Crippen LogP contribution in [0.5, 0.6) is 11.5 Å². The molecular formula is C23H43NO3Si2. The van der Waals surface area contributed by atoms with Gasteiger partial charge < -0.3 is 14.6 Å². The van der Waals surface area contributed by atoms with Gasteiger partial charge in [0, 0.05) is 17.2 Å². The summed E-state index contributed by atoms with van der Waals surface area (Å²) in [4.78, 5) is 12.3. The van der Waals surface area contributed by atoms with Crippen LogP contribution in [0.25, 0.3) is 0 Å². The summed E-state index contributed by atoms with van der Waals surface area (Å²) in [5.74, 6) is 1.05. The van der Waals surface area contributed by atoms with Crippen LogP contribution in [-0.2, 0) is 6.42 Å². The van der Waals surface area contributed by atoms with Crippen LogP contribution < -0.4 is 14.6 Å². The summed E-state index contributed by atoms with van der Waals surface area (Å²) in [6.45, 7) is 24.3. The molecule has 0 aromatic heterocycles. The fraction of sp³-hybridized carbons (Fsp3) is 0.696. The van der Waals surface area contributed by atoms with Gasteiger partial charge in [0.25, 0.3) is 0 Å². The zero-order valence-electron chi connectivity index (χ0n) is 20.6. The molecule has 0 bridgehead atoms. The molecule has 2 N–H and O–H groups in total. The van der Waals surface area contributed by atoms with E-state index in [1.807, 2.05) is 12.1 Å². The molecule has 0 aliphatic carbocycles. The molecule has 1 amide bonds. The molecule has 0 spiro atoms. The van der Waals surface area contributed by atoms with Gasteiger partial charge in [0.2, 0.25) is 22.5 Å². The second kappa shape index (κ2) is 8.84. The van der Waals surface area contributed by atoms with Crippen molar-refractivity contribution < 1.29 is 13.6 Å². The van der Waals surface area contributed by atoms with Gasteiger partial charge in [-0.1, -0.05) is 54.9 Å². The molecule has 1 aromatic rings. The second-order valence-corrected chi connectivity index (χ2v) is 20.6. The summed E-state index contributed by atoms with van der Waals surface area (Å²) >= 11 is 0. The summed E-state index contributed by atoms with van der Waals surface area (Å²) in [6, 6.07) is 3.82. The first kappa shape index (κ1) is 25.8. The quantitative estimate of drug-likeness (QED) is 0.450. The summed E-state index contributed by atoms with van der Waals surface area (Å²) in [5.41, 5.74) is 7.25. The highest BCUT2D eigenvalue weighted by atomic mass is 28.4. The van der Waals surface area contributed by atoms with Crippen LogP contribution in [0, 0.1) is 0 Å². The number of unbranched alkanes of at least 4 members (excludes halogenated alkanes) is 1. The Morgan fingerprint density at radius 3 is 1.83 bits per heavy atom. The Balaban J connectivity index is 3.59. The molecule has 4 nitrogen and oxygen atoms in total. The van der Waals surface area contributed by atoms with Crippen molar-refractivity contribution in [2.75, 3.05) is 0 Å². The van der Waals surface area contributed by atoms with Gasteiger partial charge in [-0.25, -0.2) is 0 Å². The van der Waals surface area contributed by atoms with Crippen molar-refractivity contribution in [1.29, 1.82) is 0 Å². The third kappa shape index (κ3) is 6.35. The number of benzene rings is 1. The van der Waals surface area contributed by atoms with E-state index < -0.39 is 22.5 Å². The first-order chi connectivity index (χ1) is 12.9. The van der Waals surface area contributed by atoms with E-state index in [2.05, 4.69) is 74.7 Å². The highest BCUT2D eigenvalue weighted by molar-refractivity contribution is 6.75. The zero-order valence-corrected chi connectivity index (χ0v) is 22.6. The average Bonchev–Trinajstić information content (AvgIpc) is 2.50. The molecule has 0 fully saturated rings. The van der Waals surface area contributed by atoms with E-state index in [0.29, 0.717) is 11.3 Å². The van der Waals surface area contributed by atoms with Gasteiger partial charge in [-0.05, 0) is 55.2 Å². The standard InChI is InChI=1S/C23H43NO3Si2/c1-12-13-14-18-19(21(24)25)15-17(26-28(8,9)22(2,3)4)16-20(18)27-29(10,11)23(5,6)7/h15-16H,12-14H2,1-11H3,(H2,24,25). The Labute approximate surface area is 180 Å². The minimum atomic E-state index is -2.09. The Kier molecular flexibility index (Phi) is 7.85. The molecule has 0 saturated heterocycles. The maximum absolute atomic E-state index is 12.3. The molecule has 6 heteroatoms. The summed E-state index contributed by atoms with van der Waals surface area (Å²) in [7, 11) is -4.15. The number of primary amides is 1. The maximum atomic E-state index is 12.3. The van der Waals surface area contributed by atoms with Crippen LogP contribution in [-0.4, -0.2) is 22.5 Å². The number of hydrogen-bond donors (Lipinski definition) is 1. The topological polar surface area (TPSA) is 61.6 Å². The summed E-state index contributed by atoms with van der Waals surface area (Å²) in [5, 5.41) is 0.111. The molecule has 166 valence electrons. The molecule has 29 heavy (non-hydrogen) atoms. The molecule has 1 aromatic carbocycles. The minimum Gasteiger partial charge on any atom is -0.543 e. The molecular weight excluding hydrogens is 394 g/mol. The average molecular weight is 438 g/mol. The van der Waals surface area contributed by atoms with Gasteiger partial charge in [-0.2, -0.15) is 0 Å². The van der Waals surface area contributed by atoms with Crippen LogP contribution in [0.1, 0.15) is 77.2 Å². The Bertz CT molecular complexity index is 729. The van der Waals surface area contributed by atoms with E-state index in [-0.39, 0.29) is 10.1 Å². The van der Waals surface area contributed by atoms with E-state index in [9.17, 15) is 4.79 Å². The highest BCUT2D eigenvalue weighted by Gasteiger charge is 2.41. The molecule has 0 radical (unpaired) electrons. The largest absolute Gasteiger partial charge is 0.543 e. The van der Waals surface area contributed by atoms with Crippen molar-refractivity contribution >= 4 is 22.5 Å². The summed E-state index contributed by atoms with van der Waals surface area (Å²) in [6.07, 6.45) is 2.80. The first-order valence-corrected chi connectivity index (χ1v) is 16.6. The van der Waals surface area contributed by atoms with Crippen LogP contribution in [0.15, 0.2) is 12.1 Å². The van der Waals surface area contributed by atoms with Crippen LogP contribution in [0.2, 0.25) is 36.3 Å². The number of carbonyl (C=O) groups is 1. The lowest BCUT2D eigenvalue weighted by molar-refractivity contribution is 0.0998. The number of hydrogen-bond acceptors (Lipinski definition) is 3. The molecule has 1 rings (SSSR count). The summed E-state index contributed by atoms with van der Waals surface area (Å²) < 4.78 is 13.2. The fourth-order valence-corrected chi connectivity index (χ4v) is 4.53. The van der Waals surface area contributed by atoms with Crippen molar-refractivity contribution in [2.45, 2.75) is 104 Å². The normalized spacial score (nSPS) is 13.3. The first-order valence-electron chi connectivity index (χ1n) is 10.8. The monoisotopic (exact) mass is 437 g/mol. The van der Waals surface area contributed by atoms with E-state index in [1.165, 1.54) is 0 Å². The minimum absolute atomic E-state index is 0.0538. The van der Waals surface area contributed by atoms with Gasteiger partial charge in [0.15, 0.2) is 0 Å². The van der Waals surface area contributed by atoms with Crippen molar-refractivity contribution in [1.82, 2.24) is 0 Å². The number of amides is 1. The number of carbonyl (C=O) groups excluding carboxylic acids is 1. The van der Waals surface area contributed by atoms with Crippen LogP contribution in [0.3, 0.4) is 0 Å². The van der Waals surface area contributed by atoms with Crippen molar-refractivity contribution in [3.05, 3.63) is 23.3 Å². The van der Waals surface area contributed by atoms with Crippen molar-refractivity contribution in [2.24, 2.45) is 5.73 Å². The SMILES string of the molecule is CCCCc1c(O[Si](C)(C)C(C)(C)C)cc(O[Si](C)(C)C(C)(C)C)cc1C(N)=O. The Morgan fingerprint density at radius 2 is 1.41 bits per heavy atom. The molecule has 0 aliphatic heterocycles. The van der Waals surface area contributed by atoms with Gasteiger partial charge in [-0.15, -0.1) is 0 Å². The van der Waals surface area contributed by atoms with Crippen molar-refractivity contribution in [3.8, 4) is 11.5 Å². The highest BCUT2D eigenvalue weighted by Crippen LogP contribution is 2.42. The zero-order chi connectivity index (χ0) is 22.8. The van der Waals surface area contributed by atoms with Gasteiger partial charge in [0.05, 0.1) is 0 Å². The second-order valence-electron chi connectivity index (χ2n) is 11.1. The molecule has 0 atom stereocenters. The molecule has 0 unspecified atom stereocenters. The third-order valence-electron chi connectivity index (χ3n) is 6.58. The Morgan fingerprint density at radius 1 is 0.931 bits per heavy atom. The van der Waals surface area contributed by atoms with E-state index in [0.717, 1.165) is 30.6 Å². The van der Waals surface area contributed by atoms with Gasteiger partial charge in [0.1, 0.15) is 11.5 Å². The molecule has 0 aliphatic rings. The maximum Gasteiger partial charge on any atom is 0.250 e. The van der Waals surface area contributed by atoms with Crippen LogP contribution >= 0.6 is 0 Å². The predicted octanol–water partition coefficient (Wildman–Crippen LogP) is 6.90. The fourth-order valence-electron chi connectivity index (χ4n) is 2.48. The third-order valence-corrected chi connectivity index (χ3v) is 15.3. The van der Waals surface area contributed by atoms with Crippen LogP contribution in [0.4, 0.5) is 0 Å². The molecule has 0 heterocycles. The predicted molar refractivity (Wildman–Crippen MR) is 129 cm³/mol. The lowest BCUT2D eigenvalue weighted by Crippen LogP contribution is -2.45.